The minimum absolute atomic E-state index is 0.0322. The predicted molar refractivity (Wildman–Crippen MR) is 74.0 cm³/mol. The summed E-state index contributed by atoms with van der Waals surface area (Å²) in [6.07, 6.45) is 0.355. The zero-order valence-electron chi connectivity index (χ0n) is 10.9. The Labute approximate surface area is 120 Å². The summed E-state index contributed by atoms with van der Waals surface area (Å²) in [6, 6.07) is 4.68. The summed E-state index contributed by atoms with van der Waals surface area (Å²) in [5.74, 6) is -0.617. The van der Waals surface area contributed by atoms with Crippen LogP contribution in [0.3, 0.4) is 0 Å². The molecule has 3 nitrogen and oxygen atoms in total. The van der Waals surface area contributed by atoms with Gasteiger partial charge in [-0.25, -0.2) is 4.39 Å². The third-order valence-electron chi connectivity index (χ3n) is 3.83. The van der Waals surface area contributed by atoms with E-state index >= 15 is 0 Å². The van der Waals surface area contributed by atoms with Gasteiger partial charge in [0.15, 0.2) is 0 Å². The topological polar surface area (TPSA) is 49.3 Å². The average molecular weight is 330 g/mol. The van der Waals surface area contributed by atoms with Crippen molar-refractivity contribution >= 4 is 21.8 Å². The Morgan fingerprint density at radius 3 is 2.79 bits per heavy atom. The molecular weight excluding hydrogens is 313 g/mol. The number of benzene rings is 1. The second-order valence-corrected chi connectivity index (χ2v) is 6.19. The molecule has 0 spiro atoms. The largest absolute Gasteiger partial charge is 0.393 e. The predicted octanol–water partition coefficient (Wildman–Crippen LogP) is 2.71. The minimum atomic E-state index is -0.834. The van der Waals surface area contributed by atoms with E-state index in [0.29, 0.717) is 18.4 Å². The van der Waals surface area contributed by atoms with Crippen LogP contribution >= 0.6 is 15.9 Å². The number of aliphatic hydroxyl groups is 1. The second kappa shape index (κ2) is 5.21. The Morgan fingerprint density at radius 2 is 2.26 bits per heavy atom. The van der Waals surface area contributed by atoms with Crippen LogP contribution in [0.2, 0.25) is 0 Å². The molecule has 1 aliphatic carbocycles. The van der Waals surface area contributed by atoms with E-state index in [4.69, 9.17) is 0 Å². The first-order valence-electron chi connectivity index (χ1n) is 6.27. The Morgan fingerprint density at radius 1 is 1.58 bits per heavy atom. The van der Waals surface area contributed by atoms with Gasteiger partial charge in [-0.15, -0.1) is 0 Å². The van der Waals surface area contributed by atoms with Gasteiger partial charge in [-0.3, -0.25) is 4.79 Å². The molecule has 3 atom stereocenters. The van der Waals surface area contributed by atoms with E-state index in [1.807, 2.05) is 6.92 Å². The highest BCUT2D eigenvalue weighted by atomic mass is 79.9. The Balaban J connectivity index is 2.54. The summed E-state index contributed by atoms with van der Waals surface area (Å²) >= 11 is 3.33. The van der Waals surface area contributed by atoms with Crippen LogP contribution in [0.1, 0.15) is 32.3 Å². The van der Waals surface area contributed by atoms with Crippen LogP contribution in [0.5, 0.6) is 0 Å². The fourth-order valence-corrected chi connectivity index (χ4v) is 3.40. The molecule has 0 radical (unpaired) electrons. The molecule has 2 rings (SSSR count). The fraction of sp³-hybridized carbons (Fsp3) is 0.500. The smallest absolute Gasteiger partial charge is 0.217 e. The van der Waals surface area contributed by atoms with Gasteiger partial charge in [-0.2, -0.15) is 0 Å². The number of halogens is 2. The molecule has 1 aromatic rings. The van der Waals surface area contributed by atoms with Crippen LogP contribution in [0.4, 0.5) is 4.39 Å². The highest BCUT2D eigenvalue weighted by Crippen LogP contribution is 2.45. The van der Waals surface area contributed by atoms with Crippen molar-refractivity contribution < 1.29 is 14.3 Å². The fourth-order valence-electron chi connectivity index (χ4n) is 3.04. The van der Waals surface area contributed by atoms with Gasteiger partial charge in [0.1, 0.15) is 5.82 Å². The molecule has 1 unspecified atom stereocenters. The van der Waals surface area contributed by atoms with Crippen molar-refractivity contribution in [3.05, 3.63) is 34.1 Å². The van der Waals surface area contributed by atoms with Gasteiger partial charge in [0.2, 0.25) is 5.91 Å². The molecule has 1 saturated carbocycles. The van der Waals surface area contributed by atoms with E-state index in [1.165, 1.54) is 13.0 Å². The maximum atomic E-state index is 14.2. The number of aliphatic hydroxyl groups excluding tert-OH is 1. The van der Waals surface area contributed by atoms with Gasteiger partial charge >= 0.3 is 0 Å². The molecule has 1 fully saturated rings. The van der Waals surface area contributed by atoms with Gasteiger partial charge in [0.25, 0.3) is 0 Å². The number of carbonyl (C=O) groups is 1. The molecule has 1 aliphatic rings. The Hall–Kier alpha value is -0.940. The molecule has 0 saturated heterocycles. The van der Waals surface area contributed by atoms with Crippen LogP contribution in [-0.4, -0.2) is 17.1 Å². The van der Waals surface area contributed by atoms with Crippen LogP contribution in [0.25, 0.3) is 0 Å². The van der Waals surface area contributed by atoms with Gasteiger partial charge in [0, 0.05) is 23.4 Å². The van der Waals surface area contributed by atoms with E-state index in [2.05, 4.69) is 21.2 Å². The Kier molecular flexibility index (Phi) is 3.97. The van der Waals surface area contributed by atoms with Crippen molar-refractivity contribution in [1.29, 1.82) is 0 Å². The third kappa shape index (κ3) is 2.67. The summed E-state index contributed by atoms with van der Waals surface area (Å²) < 4.78 is 14.9. The van der Waals surface area contributed by atoms with E-state index in [1.54, 1.807) is 12.1 Å². The first kappa shape index (κ1) is 14.5. The van der Waals surface area contributed by atoms with Crippen molar-refractivity contribution in [2.75, 3.05) is 0 Å². The molecule has 0 aliphatic heterocycles. The van der Waals surface area contributed by atoms with Gasteiger partial charge in [-0.05, 0) is 30.5 Å². The van der Waals surface area contributed by atoms with Crippen molar-refractivity contribution in [1.82, 2.24) is 5.32 Å². The lowest BCUT2D eigenvalue weighted by molar-refractivity contribution is -0.121. The summed E-state index contributed by atoms with van der Waals surface area (Å²) in [7, 11) is 0. The zero-order valence-corrected chi connectivity index (χ0v) is 12.5. The first-order valence-corrected chi connectivity index (χ1v) is 7.07. The van der Waals surface area contributed by atoms with Crippen LogP contribution < -0.4 is 5.32 Å². The zero-order chi connectivity index (χ0) is 14.2. The third-order valence-corrected chi connectivity index (χ3v) is 4.33. The molecule has 5 heteroatoms. The lowest BCUT2D eigenvalue weighted by Crippen LogP contribution is -2.47. The first-order chi connectivity index (χ1) is 8.85. The number of amides is 1. The van der Waals surface area contributed by atoms with E-state index in [0.717, 1.165) is 4.47 Å². The SMILES string of the molecule is CC(=O)N[C@@]1(c2cc(Br)ccc2F)CC(O)C[C@H]1C. The standard InChI is InChI=1S/C14H17BrFNO2/c1-8-5-11(19)7-14(8,17-9(2)18)12-6-10(15)3-4-13(12)16/h3-4,6,8,11,19H,5,7H2,1-2H3,(H,17,18)/t8-,11?,14+/m1/s1. The summed E-state index contributed by atoms with van der Waals surface area (Å²) in [5.41, 5.74) is -0.403. The number of carbonyl (C=O) groups excluding carboxylic acids is 1. The van der Waals surface area contributed by atoms with Crippen molar-refractivity contribution in [2.45, 2.75) is 38.3 Å². The van der Waals surface area contributed by atoms with Gasteiger partial charge < -0.3 is 10.4 Å². The number of hydrogen-bond acceptors (Lipinski definition) is 2. The van der Waals surface area contributed by atoms with E-state index in [-0.39, 0.29) is 17.6 Å². The molecule has 0 bridgehead atoms. The number of rotatable bonds is 2. The van der Waals surface area contributed by atoms with Crippen molar-refractivity contribution in [3.8, 4) is 0 Å². The lowest BCUT2D eigenvalue weighted by Gasteiger charge is -2.35. The second-order valence-electron chi connectivity index (χ2n) is 5.27. The van der Waals surface area contributed by atoms with Crippen LogP contribution in [-0.2, 0) is 10.3 Å². The molecule has 1 amide bonds. The maximum absolute atomic E-state index is 14.2. The molecular formula is C14H17BrFNO2. The van der Waals surface area contributed by atoms with Crippen molar-refractivity contribution in [2.24, 2.45) is 5.92 Å². The molecule has 2 N–H and O–H groups in total. The minimum Gasteiger partial charge on any atom is -0.393 e. The molecule has 104 valence electrons. The summed E-state index contributed by atoms with van der Waals surface area (Å²) in [4.78, 5) is 11.5. The van der Waals surface area contributed by atoms with Gasteiger partial charge in [0.05, 0.1) is 11.6 Å². The average Bonchev–Trinajstić information content (AvgIpc) is 2.57. The molecule has 0 aromatic heterocycles. The monoisotopic (exact) mass is 329 g/mol. The Bertz CT molecular complexity index is 508. The van der Waals surface area contributed by atoms with Crippen LogP contribution in [0.15, 0.2) is 22.7 Å². The molecule has 19 heavy (non-hydrogen) atoms. The maximum Gasteiger partial charge on any atom is 0.217 e. The van der Waals surface area contributed by atoms with Crippen LogP contribution in [0, 0.1) is 11.7 Å². The highest BCUT2D eigenvalue weighted by molar-refractivity contribution is 9.10. The number of nitrogens with one attached hydrogen (secondary N) is 1. The highest BCUT2D eigenvalue weighted by Gasteiger charge is 2.47. The summed E-state index contributed by atoms with van der Waals surface area (Å²) in [5, 5.41) is 12.7. The molecule has 0 heterocycles. The molecule has 1 aromatic carbocycles. The van der Waals surface area contributed by atoms with Crippen molar-refractivity contribution in [3.63, 3.8) is 0 Å². The normalized spacial score (nSPS) is 30.4. The lowest BCUT2D eigenvalue weighted by atomic mass is 9.81. The van der Waals surface area contributed by atoms with Gasteiger partial charge in [-0.1, -0.05) is 22.9 Å². The summed E-state index contributed by atoms with van der Waals surface area (Å²) in [6.45, 7) is 3.33. The van der Waals surface area contributed by atoms with E-state index < -0.39 is 11.6 Å². The van der Waals surface area contributed by atoms with E-state index in [9.17, 15) is 14.3 Å². The quantitative estimate of drug-likeness (QED) is 0.876. The number of hydrogen-bond donors (Lipinski definition) is 2.